The SMILES string of the molecule is O=C(O)CC1CCCN(C(=O)Nc2ccc(Cl)cc2)C1. The average Bonchev–Trinajstić information content (AvgIpc) is 2.41. The second kappa shape index (κ2) is 6.61. The van der Waals surface area contributed by atoms with Gasteiger partial charge in [-0.3, -0.25) is 4.79 Å². The maximum Gasteiger partial charge on any atom is 0.321 e. The number of likely N-dealkylation sites (tertiary alicyclic amines) is 1. The first-order valence-electron chi connectivity index (χ1n) is 6.58. The Morgan fingerprint density at radius 3 is 2.70 bits per heavy atom. The molecule has 1 aliphatic rings. The Kier molecular flexibility index (Phi) is 4.84. The Morgan fingerprint density at radius 1 is 1.35 bits per heavy atom. The lowest BCUT2D eigenvalue weighted by atomic mass is 9.95. The van der Waals surface area contributed by atoms with E-state index < -0.39 is 5.97 Å². The van der Waals surface area contributed by atoms with Crippen molar-refractivity contribution < 1.29 is 14.7 Å². The first-order valence-corrected chi connectivity index (χ1v) is 6.95. The van der Waals surface area contributed by atoms with Gasteiger partial charge in [-0.05, 0) is 43.0 Å². The highest BCUT2D eigenvalue weighted by Crippen LogP contribution is 2.21. The highest BCUT2D eigenvalue weighted by atomic mass is 35.5. The zero-order valence-electron chi connectivity index (χ0n) is 11.0. The number of carbonyl (C=O) groups is 2. The predicted octanol–water partition coefficient (Wildman–Crippen LogP) is 3.06. The molecule has 2 amide bonds. The largest absolute Gasteiger partial charge is 0.481 e. The van der Waals surface area contributed by atoms with E-state index in [1.807, 2.05) is 0 Å². The van der Waals surface area contributed by atoms with Gasteiger partial charge >= 0.3 is 12.0 Å². The fraction of sp³-hybridized carbons (Fsp3) is 0.429. The van der Waals surface area contributed by atoms with Gasteiger partial charge in [-0.2, -0.15) is 0 Å². The zero-order valence-corrected chi connectivity index (χ0v) is 11.8. The number of aliphatic carboxylic acids is 1. The number of urea groups is 1. The maximum absolute atomic E-state index is 12.1. The van der Waals surface area contributed by atoms with Crippen molar-refractivity contribution in [2.75, 3.05) is 18.4 Å². The van der Waals surface area contributed by atoms with E-state index in [2.05, 4.69) is 5.32 Å². The van der Waals surface area contributed by atoms with E-state index in [0.717, 1.165) is 12.8 Å². The van der Waals surface area contributed by atoms with Crippen molar-refractivity contribution in [2.24, 2.45) is 5.92 Å². The van der Waals surface area contributed by atoms with Crippen LogP contribution in [0.2, 0.25) is 5.02 Å². The third-order valence-electron chi connectivity index (χ3n) is 3.36. The molecule has 0 spiro atoms. The summed E-state index contributed by atoms with van der Waals surface area (Å²) in [5, 5.41) is 12.2. The van der Waals surface area contributed by atoms with Crippen molar-refractivity contribution in [3.63, 3.8) is 0 Å². The zero-order chi connectivity index (χ0) is 14.5. The van der Waals surface area contributed by atoms with Crippen LogP contribution >= 0.6 is 11.6 Å². The molecule has 2 rings (SSSR count). The van der Waals surface area contributed by atoms with Crippen molar-refractivity contribution in [1.29, 1.82) is 0 Å². The van der Waals surface area contributed by atoms with Crippen molar-refractivity contribution in [2.45, 2.75) is 19.3 Å². The third kappa shape index (κ3) is 4.13. The van der Waals surface area contributed by atoms with Crippen molar-refractivity contribution in [3.05, 3.63) is 29.3 Å². The van der Waals surface area contributed by atoms with Crippen LogP contribution in [0.3, 0.4) is 0 Å². The number of carboxylic acid groups (broad SMARTS) is 1. The van der Waals surface area contributed by atoms with Gasteiger partial charge in [-0.15, -0.1) is 0 Å². The smallest absolute Gasteiger partial charge is 0.321 e. The Morgan fingerprint density at radius 2 is 2.05 bits per heavy atom. The molecule has 108 valence electrons. The molecule has 1 aromatic rings. The summed E-state index contributed by atoms with van der Waals surface area (Å²) in [6.07, 6.45) is 1.81. The van der Waals surface area contributed by atoms with Crippen LogP contribution in [-0.4, -0.2) is 35.1 Å². The van der Waals surface area contributed by atoms with Gasteiger partial charge in [0.2, 0.25) is 0 Å². The van der Waals surface area contributed by atoms with Gasteiger partial charge in [0, 0.05) is 30.2 Å². The molecule has 1 heterocycles. The third-order valence-corrected chi connectivity index (χ3v) is 3.62. The van der Waals surface area contributed by atoms with E-state index >= 15 is 0 Å². The standard InChI is InChI=1S/C14H17ClN2O3/c15-11-3-5-12(6-4-11)16-14(20)17-7-1-2-10(9-17)8-13(18)19/h3-6,10H,1-2,7-9H2,(H,16,20)(H,18,19). The predicted molar refractivity (Wildman–Crippen MR) is 77.0 cm³/mol. The van der Waals surface area contributed by atoms with Crippen LogP contribution in [-0.2, 0) is 4.79 Å². The van der Waals surface area contributed by atoms with Crippen LogP contribution in [0.25, 0.3) is 0 Å². The van der Waals surface area contributed by atoms with Crippen molar-refractivity contribution in [1.82, 2.24) is 4.90 Å². The molecule has 1 atom stereocenters. The van der Waals surface area contributed by atoms with Gasteiger partial charge in [-0.25, -0.2) is 4.79 Å². The number of hydrogen-bond acceptors (Lipinski definition) is 2. The molecule has 1 saturated heterocycles. The Bertz CT molecular complexity index is 490. The molecule has 6 heteroatoms. The lowest BCUT2D eigenvalue weighted by Crippen LogP contribution is -2.42. The summed E-state index contributed by atoms with van der Waals surface area (Å²) in [6, 6.07) is 6.70. The van der Waals surface area contributed by atoms with Crippen LogP contribution in [0.15, 0.2) is 24.3 Å². The molecule has 0 aromatic heterocycles. The molecule has 0 bridgehead atoms. The molecule has 1 unspecified atom stereocenters. The molecule has 0 aliphatic carbocycles. The van der Waals surface area contributed by atoms with Gasteiger partial charge in [0.05, 0.1) is 0 Å². The summed E-state index contributed by atoms with van der Waals surface area (Å²) >= 11 is 5.79. The van der Waals surface area contributed by atoms with Crippen LogP contribution in [0.5, 0.6) is 0 Å². The van der Waals surface area contributed by atoms with Gasteiger partial charge in [0.1, 0.15) is 0 Å². The van der Waals surface area contributed by atoms with Crippen molar-refractivity contribution in [3.8, 4) is 0 Å². The number of carboxylic acids is 1. The summed E-state index contributed by atoms with van der Waals surface area (Å²) in [5.41, 5.74) is 0.680. The first kappa shape index (κ1) is 14.7. The Labute approximate surface area is 122 Å². The molecule has 20 heavy (non-hydrogen) atoms. The molecular formula is C14H17ClN2O3. The lowest BCUT2D eigenvalue weighted by molar-refractivity contribution is -0.138. The monoisotopic (exact) mass is 296 g/mol. The molecule has 2 N–H and O–H groups in total. The van der Waals surface area contributed by atoms with E-state index in [-0.39, 0.29) is 18.4 Å². The van der Waals surface area contributed by atoms with E-state index in [4.69, 9.17) is 16.7 Å². The second-order valence-corrected chi connectivity index (χ2v) is 5.43. The highest BCUT2D eigenvalue weighted by molar-refractivity contribution is 6.30. The minimum absolute atomic E-state index is 0.0391. The normalized spacial score (nSPS) is 18.6. The number of benzene rings is 1. The molecule has 0 saturated carbocycles. The number of hydrogen-bond donors (Lipinski definition) is 2. The Balaban J connectivity index is 1.91. The summed E-state index contributed by atoms with van der Waals surface area (Å²) in [4.78, 5) is 24.5. The molecule has 1 fully saturated rings. The first-order chi connectivity index (χ1) is 9.54. The van der Waals surface area contributed by atoms with Crippen LogP contribution in [0.4, 0.5) is 10.5 Å². The summed E-state index contributed by atoms with van der Waals surface area (Å²) in [7, 11) is 0. The molecule has 1 aromatic carbocycles. The fourth-order valence-corrected chi connectivity index (χ4v) is 2.52. The number of nitrogens with one attached hydrogen (secondary N) is 1. The topological polar surface area (TPSA) is 69.6 Å². The second-order valence-electron chi connectivity index (χ2n) is 4.99. The number of piperidine rings is 1. The van der Waals surface area contributed by atoms with Gasteiger partial charge < -0.3 is 15.3 Å². The number of carbonyl (C=O) groups excluding carboxylic acids is 1. The van der Waals surface area contributed by atoms with Crippen molar-refractivity contribution >= 4 is 29.3 Å². The molecule has 5 nitrogen and oxygen atoms in total. The number of nitrogens with zero attached hydrogens (tertiary/aromatic N) is 1. The highest BCUT2D eigenvalue weighted by Gasteiger charge is 2.25. The van der Waals surface area contributed by atoms with E-state index in [9.17, 15) is 9.59 Å². The molecule has 0 radical (unpaired) electrons. The molecule has 1 aliphatic heterocycles. The van der Waals surface area contributed by atoms with E-state index in [1.54, 1.807) is 29.2 Å². The fourth-order valence-electron chi connectivity index (χ4n) is 2.40. The van der Waals surface area contributed by atoms with Crippen LogP contribution in [0.1, 0.15) is 19.3 Å². The van der Waals surface area contributed by atoms with Gasteiger partial charge in [0.15, 0.2) is 0 Å². The summed E-state index contributed by atoms with van der Waals surface area (Å²) < 4.78 is 0. The minimum atomic E-state index is -0.810. The molecular weight excluding hydrogens is 280 g/mol. The van der Waals surface area contributed by atoms with E-state index in [0.29, 0.717) is 23.8 Å². The van der Waals surface area contributed by atoms with E-state index in [1.165, 1.54) is 0 Å². The number of halogens is 1. The maximum atomic E-state index is 12.1. The Hall–Kier alpha value is -1.75. The number of anilines is 1. The summed E-state index contributed by atoms with van der Waals surface area (Å²) in [5.74, 6) is -0.771. The summed E-state index contributed by atoms with van der Waals surface area (Å²) in [6.45, 7) is 1.15. The van der Waals surface area contributed by atoms with Crippen LogP contribution in [0, 0.1) is 5.92 Å². The lowest BCUT2D eigenvalue weighted by Gasteiger charge is -2.32. The quantitative estimate of drug-likeness (QED) is 0.900. The number of rotatable bonds is 3. The van der Waals surface area contributed by atoms with Gasteiger partial charge in [0.25, 0.3) is 0 Å². The van der Waals surface area contributed by atoms with Crippen LogP contribution < -0.4 is 5.32 Å². The van der Waals surface area contributed by atoms with Gasteiger partial charge in [-0.1, -0.05) is 11.6 Å². The number of amides is 2. The minimum Gasteiger partial charge on any atom is -0.481 e. The average molecular weight is 297 g/mol.